The molecule has 3 heteroatoms. The topological polar surface area (TPSA) is 13.1 Å². The Morgan fingerprint density at radius 3 is 1.41 bits per heavy atom. The Morgan fingerprint density at radius 1 is 0.370 bits per heavy atom. The maximum atomic E-state index is 4.27. The zero-order chi connectivity index (χ0) is 49.4. The lowest BCUT2D eigenvalue weighted by atomic mass is 9.97. The summed E-state index contributed by atoms with van der Waals surface area (Å²) < 4.78 is 4.61. The monoisotopic (exact) mass is 933 g/mol. The maximum Gasteiger partial charge on any atom is 0.0541 e. The molecule has 0 fully saturated rings. The summed E-state index contributed by atoms with van der Waals surface area (Å²) in [5, 5.41) is 6.08. The molecule has 0 unspecified atom stereocenters. The Morgan fingerprint density at radius 2 is 0.836 bits per heavy atom. The van der Waals surface area contributed by atoms with Crippen LogP contribution in [-0.2, 0) is 0 Å². The first-order valence-electron chi connectivity index (χ1n) is 24.7. The number of benzene rings is 10. The van der Waals surface area contributed by atoms with Crippen molar-refractivity contribution in [3.63, 3.8) is 0 Å². The summed E-state index contributed by atoms with van der Waals surface area (Å²) in [6.07, 6.45) is 7.60. The lowest BCUT2D eigenvalue weighted by Gasteiger charge is -2.26. The van der Waals surface area contributed by atoms with E-state index in [0.29, 0.717) is 0 Å². The van der Waals surface area contributed by atoms with E-state index in [9.17, 15) is 0 Å². The molecule has 0 amide bonds. The lowest BCUT2D eigenvalue weighted by Crippen LogP contribution is -2.09. The van der Waals surface area contributed by atoms with Gasteiger partial charge < -0.3 is 14.0 Å². The maximum absolute atomic E-state index is 4.27. The number of allylic oxidation sites excluding steroid dienone is 4. The quantitative estimate of drug-likeness (QED) is 0.105. The fourth-order valence-electron chi connectivity index (χ4n) is 10.9. The van der Waals surface area contributed by atoms with E-state index < -0.39 is 0 Å². The molecule has 2 heterocycles. The molecule has 73 heavy (non-hydrogen) atoms. The van der Waals surface area contributed by atoms with Gasteiger partial charge in [0.1, 0.15) is 0 Å². The predicted octanol–water partition coefficient (Wildman–Crippen LogP) is 19.4. The first-order valence-corrected chi connectivity index (χ1v) is 24.7. The summed E-state index contributed by atoms with van der Waals surface area (Å²) in [6, 6.07) is 85.2. The normalized spacial score (nSPS) is 11.7. The van der Waals surface area contributed by atoms with Crippen LogP contribution >= 0.6 is 0 Å². The molecule has 0 bridgehead atoms. The number of fused-ring (bicyclic) bond motifs is 5. The minimum atomic E-state index is 0.928. The van der Waals surface area contributed by atoms with Gasteiger partial charge in [-0.15, -0.1) is 0 Å². The molecule has 346 valence electrons. The van der Waals surface area contributed by atoms with Crippen molar-refractivity contribution in [2.45, 2.75) is 0 Å². The van der Waals surface area contributed by atoms with Gasteiger partial charge in [-0.3, -0.25) is 0 Å². The molecular weight excluding hydrogens is 883 g/mol. The van der Waals surface area contributed by atoms with Gasteiger partial charge in [0.25, 0.3) is 0 Å². The molecule has 0 radical (unpaired) electrons. The van der Waals surface area contributed by atoms with Crippen LogP contribution in [0.25, 0.3) is 106 Å². The number of hydrogen-bond donors (Lipinski definition) is 0. The van der Waals surface area contributed by atoms with E-state index in [1.807, 2.05) is 24.3 Å². The average Bonchev–Trinajstić information content (AvgIpc) is 3.97. The number of anilines is 3. The fraction of sp³-hybridized carbons (Fsp3) is 0. The Balaban J connectivity index is 0.910. The van der Waals surface area contributed by atoms with E-state index in [1.54, 1.807) is 0 Å². The van der Waals surface area contributed by atoms with Crippen LogP contribution in [0.2, 0.25) is 0 Å². The first kappa shape index (κ1) is 44.5. The average molecular weight is 934 g/mol. The molecule has 0 spiro atoms. The Labute approximate surface area is 426 Å². The van der Waals surface area contributed by atoms with Gasteiger partial charge in [0.15, 0.2) is 0 Å². The molecular formula is C70H51N3. The Hall–Kier alpha value is -9.70. The van der Waals surface area contributed by atoms with Crippen LogP contribution in [0.1, 0.15) is 16.8 Å². The Kier molecular flexibility index (Phi) is 11.5. The molecule has 0 aliphatic heterocycles. The molecule has 3 nitrogen and oxygen atoms in total. The van der Waals surface area contributed by atoms with E-state index in [0.717, 1.165) is 78.4 Å². The van der Waals surface area contributed by atoms with E-state index >= 15 is 0 Å². The SMILES string of the molecule is C=C/C(=C(\C=C)n1c(C=C)c(C=C)c2ccccc21)c1ccc(-c2ccc(N(c3ccc(-c4ccccc4-n4c5ccccc5c5ccccc54)cc3)c3ccc(-c4cccc5ccccc45)cc3)cc2)cc1. The Bertz CT molecular complexity index is 4060. The van der Waals surface area contributed by atoms with Gasteiger partial charge in [-0.25, -0.2) is 0 Å². The molecule has 0 aliphatic rings. The molecule has 0 N–H and O–H groups in total. The van der Waals surface area contributed by atoms with Crippen molar-refractivity contribution in [1.29, 1.82) is 0 Å². The van der Waals surface area contributed by atoms with Crippen LogP contribution in [0.5, 0.6) is 0 Å². The largest absolute Gasteiger partial charge is 0.311 e. The zero-order valence-corrected chi connectivity index (χ0v) is 40.5. The third kappa shape index (κ3) is 7.72. The summed E-state index contributed by atoms with van der Waals surface area (Å²) in [4.78, 5) is 2.35. The van der Waals surface area contributed by atoms with Crippen molar-refractivity contribution in [2.24, 2.45) is 0 Å². The lowest BCUT2D eigenvalue weighted by molar-refractivity contribution is 1.16. The van der Waals surface area contributed by atoms with E-state index in [2.05, 4.69) is 277 Å². The molecule has 0 saturated heterocycles. The van der Waals surface area contributed by atoms with Gasteiger partial charge in [0.2, 0.25) is 0 Å². The second-order valence-corrected chi connectivity index (χ2v) is 18.2. The molecule has 0 saturated carbocycles. The molecule has 0 aliphatic carbocycles. The van der Waals surface area contributed by atoms with Crippen LogP contribution in [0.3, 0.4) is 0 Å². The van der Waals surface area contributed by atoms with Crippen LogP contribution in [0.15, 0.2) is 275 Å². The third-order valence-electron chi connectivity index (χ3n) is 14.3. The molecule has 10 aromatic carbocycles. The van der Waals surface area contributed by atoms with Crippen molar-refractivity contribution in [1.82, 2.24) is 9.13 Å². The molecule has 12 rings (SSSR count). The van der Waals surface area contributed by atoms with Gasteiger partial charge >= 0.3 is 0 Å². The molecule has 2 aromatic heterocycles. The van der Waals surface area contributed by atoms with E-state index in [1.165, 1.54) is 49.3 Å². The summed E-state index contributed by atoms with van der Waals surface area (Å²) >= 11 is 0. The third-order valence-corrected chi connectivity index (χ3v) is 14.3. The number of nitrogens with zero attached hydrogens (tertiary/aromatic N) is 3. The van der Waals surface area contributed by atoms with Crippen molar-refractivity contribution in [3.05, 3.63) is 292 Å². The second kappa shape index (κ2) is 18.9. The minimum absolute atomic E-state index is 0.928. The second-order valence-electron chi connectivity index (χ2n) is 18.2. The fourth-order valence-corrected chi connectivity index (χ4v) is 10.9. The van der Waals surface area contributed by atoms with Crippen molar-refractivity contribution in [3.8, 4) is 39.1 Å². The highest BCUT2D eigenvalue weighted by Gasteiger charge is 2.20. The first-order chi connectivity index (χ1) is 36.1. The zero-order valence-electron chi connectivity index (χ0n) is 40.5. The number of para-hydroxylation sites is 4. The van der Waals surface area contributed by atoms with Crippen molar-refractivity contribution >= 4 is 84.0 Å². The van der Waals surface area contributed by atoms with Gasteiger partial charge in [-0.2, -0.15) is 0 Å². The highest BCUT2D eigenvalue weighted by Crippen LogP contribution is 2.42. The standard InChI is InChI=1S/C70H51N3/c1-5-57(65(7-3)72-66(8-4)58(6-2)62-24-12-16-29-68(62)72)51-34-32-48(33-35-51)49-36-42-54(43-37-49)71(55-44-38-52(39-45-55)60-27-19-21-50-20-9-10-22-59(50)60)56-46-40-53(41-47-56)61-23-11-15-28-67(61)73-69-30-17-13-25-63(69)64-26-14-18-31-70(64)73/h5-47H,1-4H2/b65-57-. The summed E-state index contributed by atoms with van der Waals surface area (Å²) in [5.74, 6) is 0. The minimum Gasteiger partial charge on any atom is -0.311 e. The van der Waals surface area contributed by atoms with Crippen LogP contribution in [0, 0.1) is 0 Å². The highest BCUT2D eigenvalue weighted by molar-refractivity contribution is 6.10. The number of aromatic nitrogens is 2. The van der Waals surface area contributed by atoms with Crippen molar-refractivity contribution in [2.75, 3.05) is 4.90 Å². The van der Waals surface area contributed by atoms with Gasteiger partial charge in [-0.05, 0) is 117 Å². The van der Waals surface area contributed by atoms with Crippen LogP contribution in [0.4, 0.5) is 17.1 Å². The van der Waals surface area contributed by atoms with Gasteiger partial charge in [-0.1, -0.05) is 214 Å². The van der Waals surface area contributed by atoms with Crippen molar-refractivity contribution < 1.29 is 0 Å². The summed E-state index contributed by atoms with van der Waals surface area (Å²) in [5.41, 5.74) is 19.7. The van der Waals surface area contributed by atoms with Crippen LogP contribution in [-0.4, -0.2) is 9.13 Å². The van der Waals surface area contributed by atoms with Crippen LogP contribution < -0.4 is 4.90 Å². The summed E-state index contributed by atoms with van der Waals surface area (Å²) in [7, 11) is 0. The number of hydrogen-bond acceptors (Lipinski definition) is 1. The molecule has 0 atom stereocenters. The smallest absolute Gasteiger partial charge is 0.0541 e. The molecule has 12 aromatic rings. The van der Waals surface area contributed by atoms with E-state index in [-0.39, 0.29) is 0 Å². The predicted molar refractivity (Wildman–Crippen MR) is 315 cm³/mol. The van der Waals surface area contributed by atoms with Gasteiger partial charge in [0.05, 0.1) is 33.6 Å². The number of rotatable bonds is 13. The van der Waals surface area contributed by atoms with E-state index in [4.69, 9.17) is 0 Å². The summed E-state index contributed by atoms with van der Waals surface area (Å²) in [6.45, 7) is 16.8. The van der Waals surface area contributed by atoms with Gasteiger partial charge in [0, 0.05) is 49.9 Å². The highest BCUT2D eigenvalue weighted by atomic mass is 15.1.